The smallest absolute Gasteiger partial charge is 0.254 e. The van der Waals surface area contributed by atoms with E-state index in [1.54, 1.807) is 13.2 Å². The lowest BCUT2D eigenvalue weighted by atomic mass is 9.77. The number of hydrogen-bond donors (Lipinski definition) is 1. The first kappa shape index (κ1) is 41.7. The third kappa shape index (κ3) is 8.34. The van der Waals surface area contributed by atoms with Crippen LogP contribution in [0.2, 0.25) is 0 Å². The molecule has 0 spiro atoms. The summed E-state index contributed by atoms with van der Waals surface area (Å²) in [7, 11) is -2.61. The second-order valence-electron chi connectivity index (χ2n) is 17.5. The Balaban J connectivity index is 1.21. The number of alkyl halides is 1. The van der Waals surface area contributed by atoms with Crippen molar-refractivity contribution in [3.05, 3.63) is 67.3 Å². The summed E-state index contributed by atoms with van der Waals surface area (Å²) < 4.78 is 39.0. The average Bonchev–Trinajstić information content (AvgIpc) is 4.10. The van der Waals surface area contributed by atoms with Crippen LogP contribution in [0.3, 0.4) is 0 Å². The van der Waals surface area contributed by atoms with Crippen LogP contribution in [0.15, 0.2) is 67.3 Å². The van der Waals surface area contributed by atoms with Crippen molar-refractivity contribution in [2.75, 3.05) is 26.7 Å². The monoisotopic (exact) mass is 832 g/mol. The molecule has 3 amide bonds. The molecule has 1 N–H and O–H groups in total. The van der Waals surface area contributed by atoms with Gasteiger partial charge in [0.1, 0.15) is 17.6 Å². The summed E-state index contributed by atoms with van der Waals surface area (Å²) in [5.41, 5.74) is 0.167. The second-order valence-corrected chi connectivity index (χ2v) is 20.4. The van der Waals surface area contributed by atoms with Crippen molar-refractivity contribution in [3.8, 4) is 22.8 Å². The van der Waals surface area contributed by atoms with Crippen LogP contribution in [-0.4, -0.2) is 89.8 Å². The number of ketones is 1. The Hall–Kier alpha value is -4.49. The first-order chi connectivity index (χ1) is 27.5. The van der Waals surface area contributed by atoms with E-state index in [4.69, 9.17) is 26.1 Å². The van der Waals surface area contributed by atoms with Gasteiger partial charge in [0.15, 0.2) is 9.99 Å². The number of nitrogens with zero attached hydrogens (tertiary/aromatic N) is 3. The Bertz CT molecular complexity index is 2220. The number of piperidine rings is 1. The standard InChI is InChI=1S/C44H53ClN4O8S/c1-6-29-25-43(29,41(53)47-58(54,55)44(45)17-18-44)26-37(50)36-22-31(27-49(36)40(52)33(42(2,3)4)23-39(51)48-19-11-8-12-20-48)57-38-24-34(28-13-9-7-10-14-28)46-35-21-30(56-5)15-16-32(35)38/h6-7,9-10,13-16,21,24,29,31,33,36H,1,8,11-12,17-20,22-23,25-27H2,2-5H3,(H,47,53)/t29-,31-,33-,36+,43-/m1/s1. The molecular weight excluding hydrogens is 780 g/mol. The van der Waals surface area contributed by atoms with Gasteiger partial charge in [-0.2, -0.15) is 0 Å². The fourth-order valence-corrected chi connectivity index (χ4v) is 9.96. The van der Waals surface area contributed by atoms with Crippen LogP contribution in [0, 0.1) is 22.7 Å². The molecule has 0 bridgehead atoms. The first-order valence-corrected chi connectivity index (χ1v) is 22.0. The Morgan fingerprint density at radius 2 is 1.76 bits per heavy atom. The summed E-state index contributed by atoms with van der Waals surface area (Å²) in [6.45, 7) is 11.0. The molecule has 2 aliphatic heterocycles. The molecule has 0 unspecified atom stereocenters. The van der Waals surface area contributed by atoms with Crippen molar-refractivity contribution in [1.29, 1.82) is 0 Å². The molecule has 3 heterocycles. The molecular formula is C44H53ClN4O8S. The van der Waals surface area contributed by atoms with Gasteiger partial charge in [-0.3, -0.25) is 23.9 Å². The minimum atomic E-state index is -4.19. The average molecular weight is 833 g/mol. The Morgan fingerprint density at radius 3 is 2.38 bits per heavy atom. The lowest BCUT2D eigenvalue weighted by molar-refractivity contribution is -0.148. The number of allylic oxidation sites excluding steroid dienone is 1. The van der Waals surface area contributed by atoms with Gasteiger partial charge in [0.05, 0.1) is 42.2 Å². The fourth-order valence-electron chi connectivity index (χ4n) is 8.48. The van der Waals surface area contributed by atoms with Gasteiger partial charge in [0.2, 0.25) is 17.7 Å². The topological polar surface area (TPSA) is 152 Å². The van der Waals surface area contributed by atoms with Gasteiger partial charge >= 0.3 is 0 Å². The van der Waals surface area contributed by atoms with Crippen molar-refractivity contribution in [2.45, 2.75) is 94.9 Å². The van der Waals surface area contributed by atoms with Crippen molar-refractivity contribution in [1.82, 2.24) is 19.5 Å². The zero-order valence-electron chi connectivity index (χ0n) is 33.7. The molecule has 14 heteroatoms. The molecule has 0 radical (unpaired) electrons. The van der Waals surface area contributed by atoms with Gasteiger partial charge in [-0.25, -0.2) is 13.4 Å². The number of ether oxygens (including phenoxy) is 2. The van der Waals surface area contributed by atoms with Crippen LogP contribution in [0.5, 0.6) is 11.5 Å². The van der Waals surface area contributed by atoms with E-state index in [1.165, 1.54) is 4.90 Å². The third-order valence-electron chi connectivity index (χ3n) is 12.4. The Morgan fingerprint density at radius 1 is 1.05 bits per heavy atom. The molecule has 12 nitrogen and oxygen atoms in total. The molecule has 58 heavy (non-hydrogen) atoms. The number of pyridine rings is 1. The van der Waals surface area contributed by atoms with Crippen molar-refractivity contribution >= 4 is 56.0 Å². The van der Waals surface area contributed by atoms with Crippen molar-refractivity contribution in [2.24, 2.45) is 22.7 Å². The van der Waals surface area contributed by atoms with E-state index in [0.29, 0.717) is 41.2 Å². The highest BCUT2D eigenvalue weighted by Crippen LogP contribution is 2.57. The van der Waals surface area contributed by atoms with Crippen LogP contribution in [-0.2, 0) is 29.2 Å². The molecule has 310 valence electrons. The van der Waals surface area contributed by atoms with Gasteiger partial charge in [0, 0.05) is 55.4 Å². The maximum atomic E-state index is 14.9. The van der Waals surface area contributed by atoms with Crippen molar-refractivity contribution in [3.63, 3.8) is 0 Å². The number of likely N-dealkylation sites (tertiary alicyclic amines) is 2. The Labute approximate surface area is 345 Å². The number of carbonyl (C=O) groups excluding carboxylic acids is 4. The predicted octanol–water partition coefficient (Wildman–Crippen LogP) is 6.65. The normalized spacial score (nSPS) is 24.5. The van der Waals surface area contributed by atoms with E-state index < -0.39 is 60.7 Å². The predicted molar refractivity (Wildman–Crippen MR) is 221 cm³/mol. The van der Waals surface area contributed by atoms with Gasteiger partial charge in [0.25, 0.3) is 10.0 Å². The van der Waals surface area contributed by atoms with E-state index in [-0.39, 0.29) is 56.9 Å². The number of aromatic nitrogens is 1. The number of Topliss-reactive ketones (excluding diaryl/α,β-unsaturated/α-hetero) is 1. The van der Waals surface area contributed by atoms with E-state index >= 15 is 0 Å². The third-order valence-corrected chi connectivity index (χ3v) is 15.2. The lowest BCUT2D eigenvalue weighted by Gasteiger charge is -2.36. The van der Waals surface area contributed by atoms with Gasteiger partial charge in [-0.1, -0.05) is 68.8 Å². The van der Waals surface area contributed by atoms with E-state index in [2.05, 4.69) is 11.3 Å². The largest absolute Gasteiger partial charge is 0.497 e. The quantitative estimate of drug-likeness (QED) is 0.139. The van der Waals surface area contributed by atoms with Gasteiger partial charge in [-0.15, -0.1) is 6.58 Å². The van der Waals surface area contributed by atoms with Crippen LogP contribution < -0.4 is 14.2 Å². The van der Waals surface area contributed by atoms with Gasteiger partial charge in [-0.05, 0) is 62.0 Å². The lowest BCUT2D eigenvalue weighted by Crippen LogP contribution is -2.49. The number of benzene rings is 2. The summed E-state index contributed by atoms with van der Waals surface area (Å²) in [4.78, 5) is 65.3. The van der Waals surface area contributed by atoms with Crippen LogP contribution in [0.1, 0.15) is 78.6 Å². The maximum absolute atomic E-state index is 14.9. The second kappa shape index (κ2) is 15.9. The molecule has 4 fully saturated rings. The van der Waals surface area contributed by atoms with Crippen LogP contribution in [0.25, 0.3) is 22.2 Å². The molecule has 2 aliphatic carbocycles. The summed E-state index contributed by atoms with van der Waals surface area (Å²) in [6, 6.07) is 16.0. The summed E-state index contributed by atoms with van der Waals surface area (Å²) in [5.74, 6) is -1.70. The highest BCUT2D eigenvalue weighted by molar-refractivity contribution is 7.93. The fraction of sp³-hybridized carbons (Fsp3) is 0.523. The zero-order valence-corrected chi connectivity index (χ0v) is 35.2. The van der Waals surface area contributed by atoms with Crippen LogP contribution >= 0.6 is 11.6 Å². The molecule has 7 rings (SSSR count). The van der Waals surface area contributed by atoms with Crippen LogP contribution in [0.4, 0.5) is 0 Å². The molecule has 2 aromatic carbocycles. The molecule has 5 atom stereocenters. The zero-order chi connectivity index (χ0) is 41.6. The molecule has 2 saturated carbocycles. The summed E-state index contributed by atoms with van der Waals surface area (Å²) in [5, 5.41) is 0.712. The highest BCUT2D eigenvalue weighted by atomic mass is 35.5. The molecule has 3 aromatic rings. The van der Waals surface area contributed by atoms with E-state index in [1.807, 2.05) is 80.3 Å². The van der Waals surface area contributed by atoms with E-state index in [0.717, 1.165) is 24.8 Å². The number of carbonyl (C=O) groups is 4. The molecule has 1 aromatic heterocycles. The summed E-state index contributed by atoms with van der Waals surface area (Å²) >= 11 is 6.23. The number of methoxy groups -OCH3 is 1. The number of nitrogens with one attached hydrogen (secondary N) is 1. The minimum absolute atomic E-state index is 0.00849. The first-order valence-electron chi connectivity index (χ1n) is 20.2. The number of rotatable bonds is 14. The maximum Gasteiger partial charge on any atom is 0.254 e. The number of fused-ring (bicyclic) bond motifs is 1. The molecule has 4 aliphatic rings. The molecule has 2 saturated heterocycles. The van der Waals surface area contributed by atoms with E-state index in [9.17, 15) is 27.6 Å². The highest BCUT2D eigenvalue weighted by Gasteiger charge is 2.63. The van der Waals surface area contributed by atoms with Crippen molar-refractivity contribution < 1.29 is 37.1 Å². The number of amides is 3. The number of sulfonamides is 1. The minimum Gasteiger partial charge on any atom is -0.497 e. The Kier molecular flexibility index (Phi) is 11.4. The SMILES string of the molecule is C=C[C@@H]1C[C@]1(CC(=O)[C@@H]1C[C@@H](Oc2cc(-c3ccccc3)nc3cc(OC)ccc23)CN1C(=O)[C@@H](CC(=O)N1CCCCC1)C(C)(C)C)C(=O)NS(=O)(=O)C1(Cl)CC1. The van der Waals surface area contributed by atoms with Gasteiger partial charge < -0.3 is 19.3 Å². The number of hydrogen-bond acceptors (Lipinski definition) is 9. The summed E-state index contributed by atoms with van der Waals surface area (Å²) in [6.07, 6.45) is 4.25. The number of halogens is 1.